The Kier molecular flexibility index (Phi) is 4.09. The molecule has 9 heteroatoms. The number of thiazole rings is 1. The van der Waals surface area contributed by atoms with Gasteiger partial charge in [0.1, 0.15) is 16.3 Å². The fourth-order valence-electron chi connectivity index (χ4n) is 1.41. The van der Waals surface area contributed by atoms with Crippen molar-refractivity contribution < 1.29 is 17.9 Å². The van der Waals surface area contributed by atoms with Crippen LogP contribution in [0.5, 0.6) is 0 Å². The van der Waals surface area contributed by atoms with E-state index in [0.717, 1.165) is 12.5 Å². The van der Waals surface area contributed by atoms with Crippen LogP contribution in [0, 0.1) is 0 Å². The summed E-state index contributed by atoms with van der Waals surface area (Å²) < 4.78 is 27.9. The van der Waals surface area contributed by atoms with Crippen LogP contribution in [0.1, 0.15) is 17.3 Å². The SMILES string of the molecule is CCOC(=O)c1cnc(S(C)(=O)=O)nc1-c1nccs1. The van der Waals surface area contributed by atoms with Crippen LogP contribution in [0.25, 0.3) is 10.7 Å². The van der Waals surface area contributed by atoms with Gasteiger partial charge in [0, 0.05) is 24.0 Å². The zero-order valence-electron chi connectivity index (χ0n) is 10.7. The number of ether oxygens (including phenoxy) is 1. The maximum absolute atomic E-state index is 11.8. The van der Waals surface area contributed by atoms with Gasteiger partial charge in [-0.25, -0.2) is 28.2 Å². The lowest BCUT2D eigenvalue weighted by Gasteiger charge is -2.06. The fraction of sp³-hybridized carbons (Fsp3) is 0.273. The summed E-state index contributed by atoms with van der Waals surface area (Å²) in [6.07, 6.45) is 3.69. The lowest BCUT2D eigenvalue weighted by molar-refractivity contribution is 0.0526. The van der Waals surface area contributed by atoms with Gasteiger partial charge >= 0.3 is 5.97 Å². The second-order valence-electron chi connectivity index (χ2n) is 3.74. The molecule has 20 heavy (non-hydrogen) atoms. The highest BCUT2D eigenvalue weighted by Crippen LogP contribution is 2.24. The molecule has 0 aliphatic carbocycles. The number of rotatable bonds is 4. The van der Waals surface area contributed by atoms with Crippen molar-refractivity contribution in [1.82, 2.24) is 15.0 Å². The highest BCUT2D eigenvalue weighted by Gasteiger charge is 2.22. The predicted octanol–water partition coefficient (Wildman–Crippen LogP) is 1.18. The molecule has 0 aliphatic heterocycles. The van der Waals surface area contributed by atoms with Crippen LogP contribution < -0.4 is 0 Å². The quantitative estimate of drug-likeness (QED) is 0.617. The number of esters is 1. The minimum atomic E-state index is -3.57. The summed E-state index contributed by atoms with van der Waals surface area (Å²) in [4.78, 5) is 23.5. The first-order valence-electron chi connectivity index (χ1n) is 5.57. The molecule has 2 rings (SSSR count). The normalized spacial score (nSPS) is 11.3. The second-order valence-corrected chi connectivity index (χ2v) is 6.55. The number of hydrogen-bond donors (Lipinski definition) is 0. The summed E-state index contributed by atoms with van der Waals surface area (Å²) in [6, 6.07) is 0. The third kappa shape index (κ3) is 2.99. The molecule has 0 radical (unpaired) electrons. The Morgan fingerprint density at radius 2 is 2.15 bits per heavy atom. The van der Waals surface area contributed by atoms with E-state index < -0.39 is 15.8 Å². The van der Waals surface area contributed by atoms with E-state index in [2.05, 4.69) is 15.0 Å². The maximum atomic E-state index is 11.8. The van der Waals surface area contributed by atoms with E-state index in [4.69, 9.17) is 4.74 Å². The zero-order valence-corrected chi connectivity index (χ0v) is 12.4. The minimum Gasteiger partial charge on any atom is -0.462 e. The number of nitrogens with zero attached hydrogens (tertiary/aromatic N) is 3. The molecule has 0 fully saturated rings. The van der Waals surface area contributed by atoms with Gasteiger partial charge in [0.05, 0.1) is 6.61 Å². The molecule has 0 spiro atoms. The molecule has 2 aromatic heterocycles. The average molecular weight is 313 g/mol. The third-order valence-electron chi connectivity index (χ3n) is 2.23. The lowest BCUT2D eigenvalue weighted by Crippen LogP contribution is -2.12. The van der Waals surface area contributed by atoms with E-state index >= 15 is 0 Å². The van der Waals surface area contributed by atoms with Crippen molar-refractivity contribution in [2.24, 2.45) is 0 Å². The van der Waals surface area contributed by atoms with E-state index in [1.807, 2.05) is 0 Å². The van der Waals surface area contributed by atoms with Crippen molar-refractivity contribution in [3.05, 3.63) is 23.3 Å². The van der Waals surface area contributed by atoms with E-state index in [1.54, 1.807) is 12.3 Å². The van der Waals surface area contributed by atoms with Crippen molar-refractivity contribution in [2.45, 2.75) is 12.1 Å². The Morgan fingerprint density at radius 3 is 2.70 bits per heavy atom. The van der Waals surface area contributed by atoms with Crippen LogP contribution in [0.4, 0.5) is 0 Å². The standard InChI is InChI=1S/C11H11N3O4S2/c1-3-18-10(15)7-6-13-11(20(2,16)17)14-8(7)9-12-4-5-19-9/h4-6H,3H2,1-2H3. The van der Waals surface area contributed by atoms with Crippen LogP contribution in [0.3, 0.4) is 0 Å². The smallest absolute Gasteiger partial charge is 0.342 e. The molecule has 0 saturated carbocycles. The molecule has 0 aromatic carbocycles. The minimum absolute atomic E-state index is 0.0919. The van der Waals surface area contributed by atoms with Gasteiger partial charge in [0.2, 0.25) is 15.0 Å². The van der Waals surface area contributed by atoms with Crippen molar-refractivity contribution >= 4 is 27.1 Å². The Labute approximate surface area is 119 Å². The molecule has 0 unspecified atom stereocenters. The highest BCUT2D eigenvalue weighted by molar-refractivity contribution is 7.90. The van der Waals surface area contributed by atoms with E-state index in [0.29, 0.717) is 5.01 Å². The van der Waals surface area contributed by atoms with Crippen LogP contribution in [-0.2, 0) is 14.6 Å². The molecule has 7 nitrogen and oxygen atoms in total. The average Bonchev–Trinajstić information content (AvgIpc) is 2.91. The summed E-state index contributed by atoms with van der Waals surface area (Å²) in [7, 11) is -3.57. The lowest BCUT2D eigenvalue weighted by atomic mass is 10.2. The Bertz CT molecular complexity index is 726. The van der Waals surface area contributed by atoms with E-state index in [9.17, 15) is 13.2 Å². The van der Waals surface area contributed by atoms with Gasteiger partial charge in [-0.15, -0.1) is 11.3 Å². The summed E-state index contributed by atoms with van der Waals surface area (Å²) in [5, 5.41) is 1.78. The van der Waals surface area contributed by atoms with Gasteiger partial charge in [0.25, 0.3) is 0 Å². The van der Waals surface area contributed by atoms with Crippen molar-refractivity contribution in [3.8, 4) is 10.7 Å². The number of sulfone groups is 1. The Hall–Kier alpha value is -1.87. The van der Waals surface area contributed by atoms with Gasteiger partial charge in [-0.05, 0) is 6.92 Å². The molecule has 0 bridgehead atoms. The molecular formula is C11H11N3O4S2. The van der Waals surface area contributed by atoms with Crippen molar-refractivity contribution in [3.63, 3.8) is 0 Å². The summed E-state index contributed by atoms with van der Waals surface area (Å²) in [5.74, 6) is -0.613. The number of aromatic nitrogens is 3. The van der Waals surface area contributed by atoms with Crippen LogP contribution in [-0.4, -0.2) is 42.2 Å². The predicted molar refractivity (Wildman–Crippen MR) is 72.2 cm³/mol. The van der Waals surface area contributed by atoms with Gasteiger partial charge < -0.3 is 4.74 Å². The van der Waals surface area contributed by atoms with Gasteiger partial charge in [0.15, 0.2) is 0 Å². The monoisotopic (exact) mass is 313 g/mol. The van der Waals surface area contributed by atoms with Gasteiger partial charge in [-0.1, -0.05) is 0 Å². The molecule has 2 aromatic rings. The number of carbonyl (C=O) groups is 1. The molecular weight excluding hydrogens is 302 g/mol. The van der Waals surface area contributed by atoms with E-state index in [1.165, 1.54) is 17.5 Å². The van der Waals surface area contributed by atoms with Crippen molar-refractivity contribution in [1.29, 1.82) is 0 Å². The first-order valence-corrected chi connectivity index (χ1v) is 8.34. The Balaban J connectivity index is 2.61. The molecule has 0 atom stereocenters. The first-order chi connectivity index (χ1) is 9.43. The molecule has 0 amide bonds. The topological polar surface area (TPSA) is 99.1 Å². The van der Waals surface area contributed by atoms with Crippen LogP contribution in [0.15, 0.2) is 22.9 Å². The zero-order chi connectivity index (χ0) is 14.8. The third-order valence-corrected chi connectivity index (χ3v) is 3.87. The largest absolute Gasteiger partial charge is 0.462 e. The highest BCUT2D eigenvalue weighted by atomic mass is 32.2. The van der Waals surface area contributed by atoms with Gasteiger partial charge in [-0.3, -0.25) is 0 Å². The van der Waals surface area contributed by atoms with Crippen LogP contribution >= 0.6 is 11.3 Å². The molecule has 0 N–H and O–H groups in total. The fourth-order valence-corrected chi connectivity index (χ4v) is 2.55. The number of hydrogen-bond acceptors (Lipinski definition) is 8. The summed E-state index contributed by atoms with van der Waals surface area (Å²) >= 11 is 1.24. The summed E-state index contributed by atoms with van der Waals surface area (Å²) in [5.41, 5.74) is 0.253. The molecule has 106 valence electrons. The van der Waals surface area contributed by atoms with Crippen molar-refractivity contribution in [2.75, 3.05) is 12.9 Å². The molecule has 2 heterocycles. The molecule has 0 aliphatic rings. The number of carbonyl (C=O) groups excluding carboxylic acids is 1. The summed E-state index contributed by atoms with van der Waals surface area (Å²) in [6.45, 7) is 1.87. The Morgan fingerprint density at radius 1 is 1.40 bits per heavy atom. The maximum Gasteiger partial charge on any atom is 0.342 e. The molecule has 0 saturated heterocycles. The first kappa shape index (κ1) is 14.5. The van der Waals surface area contributed by atoms with Crippen LogP contribution in [0.2, 0.25) is 0 Å². The van der Waals surface area contributed by atoms with Gasteiger partial charge in [-0.2, -0.15) is 0 Å². The van der Waals surface area contributed by atoms with E-state index in [-0.39, 0.29) is 23.0 Å². The second kappa shape index (κ2) is 5.63.